The van der Waals surface area contributed by atoms with Crippen LogP contribution in [0.2, 0.25) is 0 Å². The maximum Gasteiger partial charge on any atom is 0.260 e. The number of aryl methyl sites for hydroxylation is 1. The molecule has 1 aliphatic heterocycles. The van der Waals surface area contributed by atoms with Crippen LogP contribution in [0.3, 0.4) is 0 Å². The average Bonchev–Trinajstić information content (AvgIpc) is 3.43. The van der Waals surface area contributed by atoms with E-state index in [-0.39, 0.29) is 24.3 Å². The minimum absolute atomic E-state index is 0.0696. The predicted molar refractivity (Wildman–Crippen MR) is 107 cm³/mol. The lowest BCUT2D eigenvalue weighted by Crippen LogP contribution is -2.31. The number of furan rings is 1. The van der Waals surface area contributed by atoms with Crippen LogP contribution in [0.4, 0.5) is 5.13 Å². The summed E-state index contributed by atoms with van der Waals surface area (Å²) in [4.78, 5) is 31.5. The molecule has 4 rings (SSSR count). The Labute approximate surface area is 167 Å². The van der Waals surface area contributed by atoms with E-state index in [0.29, 0.717) is 22.1 Å². The molecule has 7 heteroatoms. The summed E-state index contributed by atoms with van der Waals surface area (Å²) in [6, 6.07) is 11.9. The van der Waals surface area contributed by atoms with Crippen LogP contribution < -0.4 is 5.32 Å². The average molecular weight is 395 g/mol. The zero-order chi connectivity index (χ0) is 19.5. The molecule has 0 spiro atoms. The van der Waals surface area contributed by atoms with Crippen LogP contribution in [0.1, 0.15) is 46.3 Å². The molecule has 0 unspecified atom stereocenters. The molecular weight excluding hydrogens is 374 g/mol. The fourth-order valence-corrected chi connectivity index (χ4v) is 4.28. The minimum atomic E-state index is -0.262. The zero-order valence-electron chi connectivity index (χ0n) is 15.6. The molecule has 6 nitrogen and oxygen atoms in total. The molecule has 2 aromatic heterocycles. The maximum atomic E-state index is 12.9. The summed E-state index contributed by atoms with van der Waals surface area (Å²) < 4.78 is 5.16. The Morgan fingerprint density at radius 2 is 2.11 bits per heavy atom. The number of rotatable bonds is 5. The van der Waals surface area contributed by atoms with E-state index in [1.54, 1.807) is 13.0 Å². The molecule has 28 heavy (non-hydrogen) atoms. The van der Waals surface area contributed by atoms with Crippen molar-refractivity contribution in [1.29, 1.82) is 0 Å². The number of benzene rings is 1. The zero-order valence-corrected chi connectivity index (χ0v) is 16.4. The normalized spacial score (nSPS) is 16.3. The van der Waals surface area contributed by atoms with Crippen molar-refractivity contribution in [3.63, 3.8) is 0 Å². The second-order valence-corrected chi connectivity index (χ2v) is 7.68. The van der Waals surface area contributed by atoms with Gasteiger partial charge in [-0.1, -0.05) is 30.3 Å². The van der Waals surface area contributed by atoms with Crippen molar-refractivity contribution in [2.45, 2.75) is 32.2 Å². The van der Waals surface area contributed by atoms with Crippen molar-refractivity contribution >= 4 is 28.3 Å². The Balaban J connectivity index is 1.40. The first-order valence-corrected chi connectivity index (χ1v) is 10.1. The molecule has 1 N–H and O–H groups in total. The first-order chi connectivity index (χ1) is 13.6. The molecule has 3 aromatic rings. The number of nitrogens with one attached hydrogen (secondary N) is 1. The van der Waals surface area contributed by atoms with E-state index in [1.165, 1.54) is 23.2 Å². The number of amides is 2. The van der Waals surface area contributed by atoms with Gasteiger partial charge in [0.1, 0.15) is 5.76 Å². The number of likely N-dealkylation sites (tertiary alicyclic amines) is 1. The first-order valence-electron chi connectivity index (χ1n) is 9.26. The molecule has 1 aromatic carbocycles. The van der Waals surface area contributed by atoms with Crippen LogP contribution in [0.5, 0.6) is 0 Å². The summed E-state index contributed by atoms with van der Waals surface area (Å²) in [6.07, 6.45) is 3.71. The van der Waals surface area contributed by atoms with Gasteiger partial charge in [-0.25, -0.2) is 4.98 Å². The van der Waals surface area contributed by atoms with Crippen molar-refractivity contribution in [2.75, 3.05) is 11.9 Å². The Kier molecular flexibility index (Phi) is 5.25. The van der Waals surface area contributed by atoms with Gasteiger partial charge in [-0.05, 0) is 31.4 Å². The van der Waals surface area contributed by atoms with Crippen LogP contribution >= 0.6 is 11.3 Å². The summed E-state index contributed by atoms with van der Waals surface area (Å²) in [5.41, 5.74) is 2.33. The van der Waals surface area contributed by atoms with E-state index in [1.807, 2.05) is 28.5 Å². The van der Waals surface area contributed by atoms with E-state index in [4.69, 9.17) is 4.42 Å². The second kappa shape index (κ2) is 7.98. The van der Waals surface area contributed by atoms with Gasteiger partial charge < -0.3 is 9.32 Å². The van der Waals surface area contributed by atoms with Gasteiger partial charge in [-0.3, -0.25) is 14.9 Å². The molecule has 3 heterocycles. The number of carbonyl (C=O) groups is 2. The van der Waals surface area contributed by atoms with Crippen molar-refractivity contribution < 1.29 is 14.0 Å². The summed E-state index contributed by atoms with van der Waals surface area (Å²) in [5, 5.41) is 5.07. The SMILES string of the molecule is Cc1occc1C(=O)Nc1nc(CC(=O)N2CCC[C@@H]2c2ccccc2)cs1. The van der Waals surface area contributed by atoms with Gasteiger partial charge in [-0.2, -0.15) is 0 Å². The van der Waals surface area contributed by atoms with E-state index in [2.05, 4.69) is 22.4 Å². The molecule has 0 saturated carbocycles. The molecule has 0 bridgehead atoms. The van der Waals surface area contributed by atoms with Crippen molar-refractivity contribution in [3.05, 3.63) is 70.6 Å². The third kappa shape index (κ3) is 3.84. The van der Waals surface area contributed by atoms with Crippen LogP contribution in [-0.2, 0) is 11.2 Å². The second-order valence-electron chi connectivity index (χ2n) is 6.82. The van der Waals surface area contributed by atoms with Gasteiger partial charge in [0, 0.05) is 11.9 Å². The van der Waals surface area contributed by atoms with Crippen molar-refractivity contribution in [2.24, 2.45) is 0 Å². The number of carbonyl (C=O) groups excluding carboxylic acids is 2. The highest BCUT2D eigenvalue weighted by Crippen LogP contribution is 2.32. The van der Waals surface area contributed by atoms with Gasteiger partial charge in [0.05, 0.1) is 30.0 Å². The molecule has 1 saturated heterocycles. The molecule has 1 aliphatic rings. The van der Waals surface area contributed by atoms with Gasteiger partial charge in [0.15, 0.2) is 5.13 Å². The summed E-state index contributed by atoms with van der Waals surface area (Å²) in [7, 11) is 0. The number of hydrogen-bond acceptors (Lipinski definition) is 5. The van der Waals surface area contributed by atoms with E-state index in [0.717, 1.165) is 19.4 Å². The third-order valence-electron chi connectivity index (χ3n) is 4.97. The predicted octanol–water partition coefficient (Wildman–Crippen LogP) is 4.20. The van der Waals surface area contributed by atoms with Gasteiger partial charge in [-0.15, -0.1) is 11.3 Å². The highest BCUT2D eigenvalue weighted by Gasteiger charge is 2.30. The first kappa shape index (κ1) is 18.4. The van der Waals surface area contributed by atoms with Crippen LogP contribution in [-0.4, -0.2) is 28.2 Å². The van der Waals surface area contributed by atoms with Crippen LogP contribution in [0.25, 0.3) is 0 Å². The number of nitrogens with zero attached hydrogens (tertiary/aromatic N) is 2. The fraction of sp³-hybridized carbons (Fsp3) is 0.286. The quantitative estimate of drug-likeness (QED) is 0.702. The monoisotopic (exact) mass is 395 g/mol. The van der Waals surface area contributed by atoms with E-state index >= 15 is 0 Å². The number of anilines is 1. The Morgan fingerprint density at radius 3 is 2.86 bits per heavy atom. The molecule has 2 amide bonds. The summed E-state index contributed by atoms with van der Waals surface area (Å²) in [5.74, 6) is 0.368. The summed E-state index contributed by atoms with van der Waals surface area (Å²) >= 11 is 1.32. The Hall–Kier alpha value is -2.93. The Bertz CT molecular complexity index is 980. The van der Waals surface area contributed by atoms with Crippen molar-refractivity contribution in [1.82, 2.24) is 9.88 Å². The largest absolute Gasteiger partial charge is 0.469 e. The number of thiazole rings is 1. The van der Waals surface area contributed by atoms with Gasteiger partial charge >= 0.3 is 0 Å². The number of hydrogen-bond donors (Lipinski definition) is 1. The maximum absolute atomic E-state index is 12.9. The van der Waals surface area contributed by atoms with Gasteiger partial charge in [0.25, 0.3) is 5.91 Å². The molecule has 1 atom stereocenters. The standard InChI is InChI=1S/C21H21N3O3S/c1-14-17(9-11-27-14)20(26)23-21-22-16(13-28-21)12-19(25)24-10-5-8-18(24)15-6-3-2-4-7-15/h2-4,6-7,9,11,13,18H,5,8,10,12H2,1H3,(H,22,23,26)/t18-/m1/s1. The fourth-order valence-electron chi connectivity index (χ4n) is 3.57. The summed E-state index contributed by atoms with van der Waals surface area (Å²) in [6.45, 7) is 2.51. The molecule has 0 radical (unpaired) electrons. The van der Waals surface area contributed by atoms with Crippen molar-refractivity contribution in [3.8, 4) is 0 Å². The highest BCUT2D eigenvalue weighted by atomic mass is 32.1. The topological polar surface area (TPSA) is 75.4 Å². The highest BCUT2D eigenvalue weighted by molar-refractivity contribution is 7.14. The molecular formula is C21H21N3O3S. The number of aromatic nitrogens is 1. The molecule has 144 valence electrons. The van der Waals surface area contributed by atoms with E-state index < -0.39 is 0 Å². The molecule has 1 fully saturated rings. The third-order valence-corrected chi connectivity index (χ3v) is 5.77. The lowest BCUT2D eigenvalue weighted by atomic mass is 10.0. The minimum Gasteiger partial charge on any atom is -0.469 e. The van der Waals surface area contributed by atoms with E-state index in [9.17, 15) is 9.59 Å². The van der Waals surface area contributed by atoms with Gasteiger partial charge in [0.2, 0.25) is 5.91 Å². The lowest BCUT2D eigenvalue weighted by molar-refractivity contribution is -0.131. The lowest BCUT2D eigenvalue weighted by Gasteiger charge is -2.25. The Morgan fingerprint density at radius 1 is 1.29 bits per heavy atom. The molecule has 0 aliphatic carbocycles. The van der Waals surface area contributed by atoms with Crippen LogP contribution in [0, 0.1) is 6.92 Å². The smallest absolute Gasteiger partial charge is 0.260 e. The van der Waals surface area contributed by atoms with Crippen LogP contribution in [0.15, 0.2) is 52.5 Å².